The Balaban J connectivity index is 2.17. The van der Waals surface area contributed by atoms with Crippen molar-refractivity contribution in [3.63, 3.8) is 0 Å². The second-order valence-corrected chi connectivity index (χ2v) is 7.75. The lowest BCUT2D eigenvalue weighted by molar-refractivity contribution is 0.154. The third kappa shape index (κ3) is 3.67. The van der Waals surface area contributed by atoms with Gasteiger partial charge in [-0.25, -0.2) is 0 Å². The fraction of sp³-hybridized carbons (Fsp3) is 0.476. The predicted octanol–water partition coefficient (Wildman–Crippen LogP) is 4.36. The van der Waals surface area contributed by atoms with Crippen LogP contribution >= 0.6 is 11.6 Å². The Morgan fingerprint density at radius 3 is 2.58 bits per heavy atom. The molecule has 0 spiro atoms. The van der Waals surface area contributed by atoms with Crippen molar-refractivity contribution in [2.75, 3.05) is 13.1 Å². The summed E-state index contributed by atoms with van der Waals surface area (Å²) < 4.78 is 1.72. The van der Waals surface area contributed by atoms with E-state index in [2.05, 4.69) is 11.8 Å². The van der Waals surface area contributed by atoms with Gasteiger partial charge < -0.3 is 9.67 Å². The molecule has 1 saturated heterocycles. The molecule has 1 aliphatic rings. The fourth-order valence-electron chi connectivity index (χ4n) is 3.94. The van der Waals surface area contributed by atoms with E-state index in [-0.39, 0.29) is 17.4 Å². The molecule has 2 aromatic rings. The number of rotatable bonds is 4. The maximum atomic E-state index is 13.2. The van der Waals surface area contributed by atoms with Crippen molar-refractivity contribution in [3.05, 3.63) is 62.5 Å². The van der Waals surface area contributed by atoms with Crippen molar-refractivity contribution in [1.29, 1.82) is 0 Å². The first kappa shape index (κ1) is 19.0. The summed E-state index contributed by atoms with van der Waals surface area (Å²) >= 11 is 6.24. The Morgan fingerprint density at radius 2 is 1.96 bits per heavy atom. The van der Waals surface area contributed by atoms with Crippen LogP contribution < -0.4 is 5.56 Å². The number of benzene rings is 1. The Bertz CT molecular complexity index is 838. The molecule has 1 aromatic heterocycles. The summed E-state index contributed by atoms with van der Waals surface area (Å²) in [5, 5.41) is 11.3. The van der Waals surface area contributed by atoms with Gasteiger partial charge in [-0.3, -0.25) is 9.69 Å². The number of piperidine rings is 1. The molecule has 0 bridgehead atoms. The molecule has 0 unspecified atom stereocenters. The van der Waals surface area contributed by atoms with Gasteiger partial charge in [0.1, 0.15) is 5.75 Å². The Morgan fingerprint density at radius 1 is 1.27 bits per heavy atom. The molecule has 0 amide bonds. The van der Waals surface area contributed by atoms with Crippen LogP contribution in [0, 0.1) is 12.8 Å². The summed E-state index contributed by atoms with van der Waals surface area (Å²) in [7, 11) is 0. The maximum absolute atomic E-state index is 13.2. The van der Waals surface area contributed by atoms with Crippen LogP contribution in [-0.2, 0) is 6.54 Å². The maximum Gasteiger partial charge on any atom is 0.259 e. The number of nitrogens with zero attached hydrogens (tertiary/aromatic N) is 2. The van der Waals surface area contributed by atoms with Crippen molar-refractivity contribution in [2.24, 2.45) is 5.92 Å². The van der Waals surface area contributed by atoms with Gasteiger partial charge in [-0.15, -0.1) is 0 Å². The van der Waals surface area contributed by atoms with Gasteiger partial charge in [0, 0.05) is 17.3 Å². The van der Waals surface area contributed by atoms with Gasteiger partial charge in [-0.05, 0) is 69.5 Å². The topological polar surface area (TPSA) is 45.5 Å². The van der Waals surface area contributed by atoms with Crippen LogP contribution in [0.1, 0.15) is 49.6 Å². The van der Waals surface area contributed by atoms with Gasteiger partial charge >= 0.3 is 0 Å². The highest BCUT2D eigenvalue weighted by Crippen LogP contribution is 2.35. The molecule has 3 rings (SSSR count). The standard InChI is InChI=1S/C21H27ClN2O2/c1-4-24-15(3)12-18(25)19(21(24)26)20(16-6-5-7-17(22)13-16)23-10-8-14(2)9-11-23/h5-7,12-14,20,25H,4,8-11H2,1-3H3/t20-/m1/s1. The van der Waals surface area contributed by atoms with Crippen molar-refractivity contribution >= 4 is 11.6 Å². The first-order chi connectivity index (χ1) is 12.4. The SMILES string of the molecule is CCn1c(C)cc(O)c([C@@H](c2cccc(Cl)c2)N2CCC(C)CC2)c1=O. The van der Waals surface area contributed by atoms with Gasteiger partial charge in [0.2, 0.25) is 0 Å². The minimum absolute atomic E-state index is 0.0702. The van der Waals surface area contributed by atoms with Crippen molar-refractivity contribution in [2.45, 2.75) is 46.2 Å². The van der Waals surface area contributed by atoms with E-state index < -0.39 is 0 Å². The molecule has 1 fully saturated rings. The minimum Gasteiger partial charge on any atom is -0.507 e. The highest BCUT2D eigenvalue weighted by molar-refractivity contribution is 6.30. The summed E-state index contributed by atoms with van der Waals surface area (Å²) in [6, 6.07) is 9.04. The second-order valence-electron chi connectivity index (χ2n) is 7.31. The first-order valence-corrected chi connectivity index (χ1v) is 9.73. The summed E-state index contributed by atoms with van der Waals surface area (Å²) in [5.41, 5.74) is 2.06. The van der Waals surface area contributed by atoms with Gasteiger partial charge in [0.25, 0.3) is 5.56 Å². The van der Waals surface area contributed by atoms with Crippen molar-refractivity contribution in [1.82, 2.24) is 9.47 Å². The average molecular weight is 375 g/mol. The molecule has 140 valence electrons. The van der Waals surface area contributed by atoms with Crippen molar-refractivity contribution < 1.29 is 5.11 Å². The zero-order valence-corrected chi connectivity index (χ0v) is 16.5. The van der Waals surface area contributed by atoms with E-state index >= 15 is 0 Å². The van der Waals surface area contributed by atoms with Crippen LogP contribution in [0.2, 0.25) is 5.02 Å². The molecule has 5 heteroatoms. The number of aromatic nitrogens is 1. The van der Waals surface area contributed by atoms with Crippen LogP contribution in [0.15, 0.2) is 35.1 Å². The van der Waals surface area contributed by atoms with Gasteiger partial charge in [-0.2, -0.15) is 0 Å². The van der Waals surface area contributed by atoms with Crippen molar-refractivity contribution in [3.8, 4) is 5.75 Å². The van der Waals surface area contributed by atoms with E-state index in [1.165, 1.54) is 0 Å². The molecule has 0 aliphatic carbocycles. The Kier molecular flexibility index (Phi) is 5.73. The molecule has 0 radical (unpaired) electrons. The Hall–Kier alpha value is -1.78. The molecule has 1 aromatic carbocycles. The van der Waals surface area contributed by atoms with Crippen LogP contribution in [0.5, 0.6) is 5.75 Å². The summed E-state index contributed by atoms with van der Waals surface area (Å²) in [4.78, 5) is 15.5. The molecular weight excluding hydrogens is 348 g/mol. The number of aromatic hydroxyl groups is 1. The zero-order chi connectivity index (χ0) is 18.8. The molecule has 2 heterocycles. The smallest absolute Gasteiger partial charge is 0.259 e. The van der Waals surface area contributed by atoms with E-state index in [0.29, 0.717) is 23.0 Å². The number of pyridine rings is 1. The molecular formula is C21H27ClN2O2. The number of hydrogen-bond acceptors (Lipinski definition) is 3. The molecule has 1 atom stereocenters. The van der Waals surface area contributed by atoms with E-state index in [0.717, 1.165) is 37.2 Å². The zero-order valence-electron chi connectivity index (χ0n) is 15.7. The number of halogens is 1. The molecule has 1 aliphatic heterocycles. The number of likely N-dealkylation sites (tertiary alicyclic amines) is 1. The van der Waals surface area contributed by atoms with Gasteiger partial charge in [-0.1, -0.05) is 30.7 Å². The van der Waals surface area contributed by atoms with Crippen LogP contribution in [0.3, 0.4) is 0 Å². The predicted molar refractivity (Wildman–Crippen MR) is 106 cm³/mol. The summed E-state index contributed by atoms with van der Waals surface area (Å²) in [6.45, 7) is 8.45. The molecule has 26 heavy (non-hydrogen) atoms. The molecule has 4 nitrogen and oxygen atoms in total. The minimum atomic E-state index is -0.285. The number of aryl methyl sites for hydroxylation is 1. The van der Waals surface area contributed by atoms with Gasteiger partial charge in [0.15, 0.2) is 0 Å². The van der Waals surface area contributed by atoms with Crippen LogP contribution in [0.4, 0.5) is 0 Å². The number of hydrogen-bond donors (Lipinski definition) is 1. The van der Waals surface area contributed by atoms with E-state index in [1.54, 1.807) is 10.6 Å². The highest BCUT2D eigenvalue weighted by atomic mass is 35.5. The van der Waals surface area contributed by atoms with Gasteiger partial charge in [0.05, 0.1) is 11.6 Å². The third-order valence-corrected chi connectivity index (χ3v) is 5.70. The lowest BCUT2D eigenvalue weighted by Gasteiger charge is -2.37. The highest BCUT2D eigenvalue weighted by Gasteiger charge is 2.31. The Labute approximate surface area is 160 Å². The lowest BCUT2D eigenvalue weighted by Crippen LogP contribution is -2.40. The average Bonchev–Trinajstić information content (AvgIpc) is 2.60. The quantitative estimate of drug-likeness (QED) is 0.864. The molecule has 0 saturated carbocycles. The lowest BCUT2D eigenvalue weighted by atomic mass is 9.92. The largest absolute Gasteiger partial charge is 0.507 e. The summed E-state index contributed by atoms with van der Waals surface area (Å²) in [5.74, 6) is 0.756. The van der Waals surface area contributed by atoms with E-state index in [9.17, 15) is 9.90 Å². The summed E-state index contributed by atoms with van der Waals surface area (Å²) in [6.07, 6.45) is 2.18. The van der Waals surface area contributed by atoms with E-state index in [1.807, 2.05) is 38.1 Å². The normalized spacial score (nSPS) is 17.4. The van der Waals surface area contributed by atoms with Crippen LogP contribution in [0.25, 0.3) is 0 Å². The molecule has 1 N–H and O–H groups in total. The third-order valence-electron chi connectivity index (χ3n) is 5.46. The second kappa shape index (κ2) is 7.85. The van der Waals surface area contributed by atoms with E-state index in [4.69, 9.17) is 11.6 Å². The first-order valence-electron chi connectivity index (χ1n) is 9.35. The van der Waals surface area contributed by atoms with Crippen LogP contribution in [-0.4, -0.2) is 27.7 Å². The monoisotopic (exact) mass is 374 g/mol. The fourth-order valence-corrected chi connectivity index (χ4v) is 4.14.